The Morgan fingerprint density at radius 3 is 2.80 bits per heavy atom. The smallest absolute Gasteiger partial charge is 0.259 e. The largest absolute Gasteiger partial charge is 0.360 e. The second-order valence-corrected chi connectivity index (χ2v) is 5.13. The van der Waals surface area contributed by atoms with Crippen LogP contribution in [0.1, 0.15) is 22.5 Å². The van der Waals surface area contributed by atoms with E-state index in [0.717, 1.165) is 12.0 Å². The monoisotopic (exact) mass is 271 g/mol. The highest BCUT2D eigenvalue weighted by atomic mass is 16.5. The Kier molecular flexibility index (Phi) is 3.28. The molecule has 1 aromatic carbocycles. The highest BCUT2D eigenvalue weighted by Crippen LogP contribution is 2.27. The van der Waals surface area contributed by atoms with Crippen LogP contribution in [0, 0.1) is 6.92 Å². The average Bonchev–Trinajstić information content (AvgIpc) is 3.05. The summed E-state index contributed by atoms with van der Waals surface area (Å²) >= 11 is 0. The Hall–Kier alpha value is -2.14. The molecule has 1 saturated heterocycles. The zero-order chi connectivity index (χ0) is 14.1. The van der Waals surface area contributed by atoms with Crippen LogP contribution < -0.4 is 5.73 Å². The number of nitrogens with two attached hydrogens (primary N) is 1. The number of aromatic nitrogens is 1. The SMILES string of the molecule is Cc1onc(-c2ccccc2)c1C(=O)N1CCC(N)C1. The molecule has 3 rings (SSSR count). The van der Waals surface area contributed by atoms with Gasteiger partial charge in [0.25, 0.3) is 5.91 Å². The summed E-state index contributed by atoms with van der Waals surface area (Å²) < 4.78 is 5.23. The van der Waals surface area contributed by atoms with E-state index < -0.39 is 0 Å². The van der Waals surface area contributed by atoms with Crippen LogP contribution in [-0.4, -0.2) is 35.1 Å². The molecule has 0 spiro atoms. The van der Waals surface area contributed by atoms with Gasteiger partial charge in [0.05, 0.1) is 0 Å². The normalized spacial score (nSPS) is 18.5. The summed E-state index contributed by atoms with van der Waals surface area (Å²) in [6.45, 7) is 3.05. The van der Waals surface area contributed by atoms with Gasteiger partial charge in [0, 0.05) is 24.7 Å². The van der Waals surface area contributed by atoms with Crippen LogP contribution in [0.25, 0.3) is 11.3 Å². The molecule has 0 radical (unpaired) electrons. The number of hydrogen-bond donors (Lipinski definition) is 1. The fourth-order valence-corrected chi connectivity index (χ4v) is 2.55. The van der Waals surface area contributed by atoms with Gasteiger partial charge in [-0.15, -0.1) is 0 Å². The predicted molar refractivity (Wildman–Crippen MR) is 75.2 cm³/mol. The first kappa shape index (κ1) is 12.9. The molecular weight excluding hydrogens is 254 g/mol. The number of nitrogens with zero attached hydrogens (tertiary/aromatic N) is 2. The zero-order valence-electron chi connectivity index (χ0n) is 11.4. The third-order valence-electron chi connectivity index (χ3n) is 3.64. The van der Waals surface area contributed by atoms with E-state index in [0.29, 0.717) is 30.1 Å². The third-order valence-corrected chi connectivity index (χ3v) is 3.64. The number of hydrogen-bond acceptors (Lipinski definition) is 4. The number of benzene rings is 1. The Balaban J connectivity index is 1.97. The first-order valence-electron chi connectivity index (χ1n) is 6.73. The molecule has 1 fully saturated rings. The maximum atomic E-state index is 12.6. The standard InChI is InChI=1S/C15H17N3O2/c1-10-13(15(19)18-8-7-12(16)9-18)14(17-20-10)11-5-3-2-4-6-11/h2-6,12H,7-9,16H2,1H3. The van der Waals surface area contributed by atoms with Gasteiger partial charge in [0.2, 0.25) is 0 Å². The minimum atomic E-state index is -0.0458. The highest BCUT2D eigenvalue weighted by Gasteiger charge is 2.30. The molecule has 1 aliphatic rings. The van der Waals surface area contributed by atoms with Crippen molar-refractivity contribution in [3.63, 3.8) is 0 Å². The van der Waals surface area contributed by atoms with Gasteiger partial charge in [0.15, 0.2) is 0 Å². The van der Waals surface area contributed by atoms with Gasteiger partial charge < -0.3 is 15.2 Å². The van der Waals surface area contributed by atoms with E-state index in [1.165, 1.54) is 0 Å². The van der Waals surface area contributed by atoms with Crippen LogP contribution in [0.3, 0.4) is 0 Å². The maximum Gasteiger partial charge on any atom is 0.259 e. The van der Waals surface area contributed by atoms with Crippen LogP contribution in [0.15, 0.2) is 34.9 Å². The van der Waals surface area contributed by atoms with Crippen molar-refractivity contribution in [3.05, 3.63) is 41.7 Å². The summed E-state index contributed by atoms with van der Waals surface area (Å²) in [5, 5.41) is 4.04. The van der Waals surface area contributed by atoms with Crippen molar-refractivity contribution in [1.29, 1.82) is 0 Å². The maximum absolute atomic E-state index is 12.6. The van der Waals surface area contributed by atoms with E-state index in [9.17, 15) is 4.79 Å². The van der Waals surface area contributed by atoms with Crippen molar-refractivity contribution >= 4 is 5.91 Å². The number of carbonyl (C=O) groups is 1. The molecule has 2 heterocycles. The van der Waals surface area contributed by atoms with Crippen LogP contribution in [0.5, 0.6) is 0 Å². The topological polar surface area (TPSA) is 72.4 Å². The second-order valence-electron chi connectivity index (χ2n) is 5.13. The number of aryl methyl sites for hydroxylation is 1. The molecule has 0 bridgehead atoms. The minimum Gasteiger partial charge on any atom is -0.360 e. The molecule has 1 unspecified atom stereocenters. The van der Waals surface area contributed by atoms with Crippen molar-refractivity contribution in [1.82, 2.24) is 10.1 Å². The quantitative estimate of drug-likeness (QED) is 0.904. The number of rotatable bonds is 2. The molecule has 2 aromatic rings. The van der Waals surface area contributed by atoms with E-state index in [1.54, 1.807) is 11.8 Å². The van der Waals surface area contributed by atoms with Gasteiger partial charge >= 0.3 is 0 Å². The summed E-state index contributed by atoms with van der Waals surface area (Å²) in [5.41, 5.74) is 7.91. The number of amides is 1. The number of likely N-dealkylation sites (tertiary alicyclic amines) is 1. The van der Waals surface area contributed by atoms with E-state index in [1.807, 2.05) is 30.3 Å². The molecule has 2 N–H and O–H groups in total. The van der Waals surface area contributed by atoms with Crippen LogP contribution in [0.4, 0.5) is 0 Å². The van der Waals surface area contributed by atoms with Crippen molar-refractivity contribution < 1.29 is 9.32 Å². The lowest BCUT2D eigenvalue weighted by Crippen LogP contribution is -2.32. The average molecular weight is 271 g/mol. The summed E-state index contributed by atoms with van der Waals surface area (Å²) in [6.07, 6.45) is 0.844. The highest BCUT2D eigenvalue weighted by molar-refractivity contribution is 6.00. The predicted octanol–water partition coefficient (Wildman–Crippen LogP) is 1.82. The van der Waals surface area contributed by atoms with Crippen LogP contribution in [-0.2, 0) is 0 Å². The van der Waals surface area contributed by atoms with E-state index in [4.69, 9.17) is 10.3 Å². The zero-order valence-corrected chi connectivity index (χ0v) is 11.4. The molecule has 1 aliphatic heterocycles. The fraction of sp³-hybridized carbons (Fsp3) is 0.333. The Morgan fingerprint density at radius 2 is 2.15 bits per heavy atom. The molecule has 1 amide bonds. The molecule has 20 heavy (non-hydrogen) atoms. The molecule has 0 aliphatic carbocycles. The van der Waals surface area contributed by atoms with Gasteiger partial charge in [-0.3, -0.25) is 4.79 Å². The molecule has 5 heteroatoms. The lowest BCUT2D eigenvalue weighted by Gasteiger charge is -2.15. The Labute approximate surface area is 117 Å². The number of carbonyl (C=O) groups excluding carboxylic acids is 1. The van der Waals surface area contributed by atoms with Crippen molar-refractivity contribution in [2.75, 3.05) is 13.1 Å². The van der Waals surface area contributed by atoms with Gasteiger partial charge in [-0.1, -0.05) is 35.5 Å². The van der Waals surface area contributed by atoms with Crippen molar-refractivity contribution in [2.24, 2.45) is 5.73 Å². The minimum absolute atomic E-state index is 0.0458. The van der Waals surface area contributed by atoms with Gasteiger partial charge in [-0.25, -0.2) is 0 Å². The molecule has 104 valence electrons. The van der Waals surface area contributed by atoms with Crippen molar-refractivity contribution in [3.8, 4) is 11.3 Å². The molecular formula is C15H17N3O2. The Morgan fingerprint density at radius 1 is 1.40 bits per heavy atom. The van der Waals surface area contributed by atoms with E-state index in [-0.39, 0.29) is 11.9 Å². The Bertz CT molecular complexity index is 621. The lowest BCUT2D eigenvalue weighted by atomic mass is 10.1. The molecule has 0 saturated carbocycles. The first-order valence-corrected chi connectivity index (χ1v) is 6.73. The second kappa shape index (κ2) is 5.09. The summed E-state index contributed by atoms with van der Waals surface area (Å²) in [5.74, 6) is 0.505. The lowest BCUT2D eigenvalue weighted by molar-refractivity contribution is 0.0790. The first-order chi connectivity index (χ1) is 9.66. The van der Waals surface area contributed by atoms with Crippen LogP contribution >= 0.6 is 0 Å². The summed E-state index contributed by atoms with van der Waals surface area (Å²) in [7, 11) is 0. The molecule has 1 aromatic heterocycles. The van der Waals surface area contributed by atoms with Gasteiger partial charge in [0.1, 0.15) is 17.0 Å². The fourth-order valence-electron chi connectivity index (χ4n) is 2.55. The third kappa shape index (κ3) is 2.20. The van der Waals surface area contributed by atoms with Gasteiger partial charge in [-0.2, -0.15) is 0 Å². The molecule has 1 atom stereocenters. The molecule has 5 nitrogen and oxygen atoms in total. The van der Waals surface area contributed by atoms with Gasteiger partial charge in [-0.05, 0) is 13.3 Å². The summed E-state index contributed by atoms with van der Waals surface area (Å²) in [6, 6.07) is 9.67. The van der Waals surface area contributed by atoms with E-state index in [2.05, 4.69) is 5.16 Å². The van der Waals surface area contributed by atoms with Crippen molar-refractivity contribution in [2.45, 2.75) is 19.4 Å². The van der Waals surface area contributed by atoms with Crippen LogP contribution in [0.2, 0.25) is 0 Å². The summed E-state index contributed by atoms with van der Waals surface area (Å²) in [4.78, 5) is 14.4. The van der Waals surface area contributed by atoms with E-state index >= 15 is 0 Å².